The Bertz CT molecular complexity index is 1270. The molecule has 9 nitrogen and oxygen atoms in total. The molecule has 1 amide bonds. The van der Waals surface area contributed by atoms with Gasteiger partial charge in [-0.3, -0.25) is 4.79 Å². The van der Waals surface area contributed by atoms with Gasteiger partial charge in [0.25, 0.3) is 0 Å². The van der Waals surface area contributed by atoms with E-state index in [9.17, 15) is 13.6 Å². The molecule has 188 valence electrons. The van der Waals surface area contributed by atoms with E-state index in [2.05, 4.69) is 14.9 Å². The van der Waals surface area contributed by atoms with Crippen molar-refractivity contribution < 1.29 is 23.0 Å². The second-order valence-corrected chi connectivity index (χ2v) is 8.82. The molecule has 2 aliphatic heterocycles. The fraction of sp³-hybridized carbons (Fsp3) is 0.400. The van der Waals surface area contributed by atoms with E-state index >= 15 is 0 Å². The SMILES string of the molecule is COc1ncc(-c2nc3c(nc2N2CCC(Oc4ccc(F)cc4F)CC2)CCN(C(C)=O)C3)cn1. The summed E-state index contributed by atoms with van der Waals surface area (Å²) in [4.78, 5) is 34.2. The van der Waals surface area contributed by atoms with Crippen molar-refractivity contribution in [2.24, 2.45) is 0 Å². The van der Waals surface area contributed by atoms with Gasteiger partial charge in [0.1, 0.15) is 17.6 Å². The van der Waals surface area contributed by atoms with Gasteiger partial charge >= 0.3 is 6.01 Å². The number of nitrogens with zero attached hydrogens (tertiary/aromatic N) is 6. The van der Waals surface area contributed by atoms with Gasteiger partial charge in [-0.2, -0.15) is 0 Å². The number of hydrogen-bond acceptors (Lipinski definition) is 8. The molecule has 0 atom stereocenters. The summed E-state index contributed by atoms with van der Waals surface area (Å²) in [6, 6.07) is 3.58. The minimum absolute atomic E-state index is 0.000482. The fourth-order valence-electron chi connectivity index (χ4n) is 4.48. The van der Waals surface area contributed by atoms with Crippen LogP contribution in [0.15, 0.2) is 30.6 Å². The summed E-state index contributed by atoms with van der Waals surface area (Å²) in [6.07, 6.45) is 4.97. The number of carbonyl (C=O) groups is 1. The van der Waals surface area contributed by atoms with E-state index < -0.39 is 11.6 Å². The molecule has 2 aromatic heterocycles. The lowest BCUT2D eigenvalue weighted by Gasteiger charge is -2.35. The number of ether oxygens (including phenoxy) is 2. The molecule has 0 unspecified atom stereocenters. The standard InChI is InChI=1S/C25H26F2N6O3/c1-15(34)33-10-7-20-21(14-33)30-23(16-12-28-25(35-2)29-13-16)24(31-20)32-8-5-18(6-9-32)36-22-4-3-17(26)11-19(22)27/h3-4,11-13,18H,5-10,14H2,1-2H3. The van der Waals surface area contributed by atoms with Gasteiger partial charge in [0.05, 0.1) is 25.0 Å². The summed E-state index contributed by atoms with van der Waals surface area (Å²) in [5, 5.41) is 0. The molecule has 0 bridgehead atoms. The first-order valence-electron chi connectivity index (χ1n) is 11.8. The zero-order valence-corrected chi connectivity index (χ0v) is 20.1. The number of hydrogen-bond donors (Lipinski definition) is 0. The van der Waals surface area contributed by atoms with Crippen LogP contribution in [0.25, 0.3) is 11.3 Å². The average Bonchev–Trinajstić information content (AvgIpc) is 2.89. The van der Waals surface area contributed by atoms with Crippen LogP contribution in [0.2, 0.25) is 0 Å². The third kappa shape index (κ3) is 4.91. The first-order valence-corrected chi connectivity index (χ1v) is 11.8. The highest BCUT2D eigenvalue weighted by atomic mass is 19.1. The van der Waals surface area contributed by atoms with Crippen molar-refractivity contribution in [3.05, 3.63) is 53.6 Å². The quantitative estimate of drug-likeness (QED) is 0.532. The highest BCUT2D eigenvalue weighted by Crippen LogP contribution is 2.33. The molecule has 0 N–H and O–H groups in total. The Hall–Kier alpha value is -3.89. The van der Waals surface area contributed by atoms with Crippen molar-refractivity contribution in [1.82, 2.24) is 24.8 Å². The number of benzene rings is 1. The maximum Gasteiger partial charge on any atom is 0.316 e. The van der Waals surface area contributed by atoms with Crippen LogP contribution in [0.4, 0.5) is 14.6 Å². The number of amides is 1. The summed E-state index contributed by atoms with van der Waals surface area (Å²) in [5.74, 6) is -0.582. The molecular weight excluding hydrogens is 470 g/mol. The molecule has 0 spiro atoms. The van der Waals surface area contributed by atoms with Crippen molar-refractivity contribution >= 4 is 11.7 Å². The van der Waals surface area contributed by atoms with Crippen molar-refractivity contribution in [3.63, 3.8) is 0 Å². The van der Waals surface area contributed by atoms with Gasteiger partial charge in [-0.25, -0.2) is 28.7 Å². The van der Waals surface area contributed by atoms with Gasteiger partial charge in [0, 0.05) is 69.8 Å². The number of carbonyl (C=O) groups excluding carboxylic acids is 1. The van der Waals surface area contributed by atoms with E-state index in [0.29, 0.717) is 62.5 Å². The molecule has 0 saturated carbocycles. The van der Waals surface area contributed by atoms with Crippen LogP contribution < -0.4 is 14.4 Å². The van der Waals surface area contributed by atoms with Gasteiger partial charge in [-0.05, 0) is 12.1 Å². The number of fused-ring (bicyclic) bond motifs is 1. The van der Waals surface area contributed by atoms with Crippen molar-refractivity contribution in [2.75, 3.05) is 31.6 Å². The van der Waals surface area contributed by atoms with E-state index in [0.717, 1.165) is 17.5 Å². The van der Waals surface area contributed by atoms with Gasteiger partial charge in [-0.1, -0.05) is 0 Å². The Kier molecular flexibility index (Phi) is 6.62. The number of rotatable bonds is 5. The monoisotopic (exact) mass is 496 g/mol. The predicted molar refractivity (Wildman–Crippen MR) is 127 cm³/mol. The third-order valence-corrected chi connectivity index (χ3v) is 6.45. The molecule has 0 aliphatic carbocycles. The van der Waals surface area contributed by atoms with Crippen LogP contribution in [-0.2, 0) is 17.8 Å². The Labute approximate surface area is 207 Å². The van der Waals surface area contributed by atoms with E-state index in [1.807, 2.05) is 0 Å². The van der Waals surface area contributed by atoms with E-state index in [1.54, 1.807) is 24.2 Å². The van der Waals surface area contributed by atoms with Crippen molar-refractivity contribution in [1.29, 1.82) is 0 Å². The number of anilines is 1. The van der Waals surface area contributed by atoms with E-state index in [-0.39, 0.29) is 23.8 Å². The van der Waals surface area contributed by atoms with Gasteiger partial charge < -0.3 is 19.3 Å². The lowest BCUT2D eigenvalue weighted by Crippen LogP contribution is -2.40. The Balaban J connectivity index is 1.40. The lowest BCUT2D eigenvalue weighted by atomic mass is 10.1. The molecule has 1 aromatic carbocycles. The smallest absolute Gasteiger partial charge is 0.316 e. The van der Waals surface area contributed by atoms with Crippen molar-refractivity contribution in [2.45, 2.75) is 38.8 Å². The molecule has 3 aromatic rings. The normalized spacial score (nSPS) is 16.0. The first-order chi connectivity index (χ1) is 17.4. The highest BCUT2D eigenvalue weighted by molar-refractivity contribution is 5.74. The third-order valence-electron chi connectivity index (χ3n) is 6.45. The maximum atomic E-state index is 14.0. The minimum Gasteiger partial charge on any atom is -0.487 e. The highest BCUT2D eigenvalue weighted by Gasteiger charge is 2.29. The van der Waals surface area contributed by atoms with Crippen LogP contribution in [0.1, 0.15) is 31.2 Å². The summed E-state index contributed by atoms with van der Waals surface area (Å²) in [7, 11) is 1.50. The van der Waals surface area contributed by atoms with Crippen LogP contribution in [-0.4, -0.2) is 63.6 Å². The molecule has 0 radical (unpaired) electrons. The first kappa shape index (κ1) is 23.8. The Morgan fingerprint density at radius 3 is 2.47 bits per heavy atom. The van der Waals surface area contributed by atoms with Gasteiger partial charge in [0.2, 0.25) is 5.91 Å². The zero-order valence-electron chi connectivity index (χ0n) is 20.1. The number of halogens is 2. The number of piperidine rings is 1. The minimum atomic E-state index is -0.709. The maximum absolute atomic E-state index is 14.0. The van der Waals surface area contributed by atoms with Gasteiger partial charge in [0.15, 0.2) is 17.4 Å². The second-order valence-electron chi connectivity index (χ2n) is 8.82. The number of aromatic nitrogens is 4. The summed E-state index contributed by atoms with van der Waals surface area (Å²) in [5.41, 5.74) is 2.95. The summed E-state index contributed by atoms with van der Waals surface area (Å²) < 4.78 is 38.2. The molecule has 2 aliphatic rings. The van der Waals surface area contributed by atoms with Crippen LogP contribution in [0.5, 0.6) is 11.8 Å². The fourth-order valence-corrected chi connectivity index (χ4v) is 4.48. The van der Waals surface area contributed by atoms with Gasteiger partial charge in [-0.15, -0.1) is 0 Å². The van der Waals surface area contributed by atoms with Crippen LogP contribution in [0, 0.1) is 11.6 Å². The zero-order chi connectivity index (χ0) is 25.2. The summed E-state index contributed by atoms with van der Waals surface area (Å²) >= 11 is 0. The molecule has 1 saturated heterocycles. The molecule has 4 heterocycles. The topological polar surface area (TPSA) is 93.6 Å². The van der Waals surface area contributed by atoms with Crippen molar-refractivity contribution in [3.8, 4) is 23.0 Å². The van der Waals surface area contributed by atoms with Crippen LogP contribution in [0.3, 0.4) is 0 Å². The average molecular weight is 497 g/mol. The molecular formula is C25H26F2N6O3. The van der Waals surface area contributed by atoms with E-state index in [1.165, 1.54) is 19.2 Å². The Morgan fingerprint density at radius 2 is 1.81 bits per heavy atom. The largest absolute Gasteiger partial charge is 0.487 e. The molecule has 11 heteroatoms. The second kappa shape index (κ2) is 10.00. The van der Waals surface area contributed by atoms with E-state index in [4.69, 9.17) is 19.4 Å². The summed E-state index contributed by atoms with van der Waals surface area (Å²) in [6.45, 7) is 3.78. The molecule has 1 fully saturated rings. The molecule has 36 heavy (non-hydrogen) atoms. The predicted octanol–water partition coefficient (Wildman–Crippen LogP) is 3.17. The van der Waals surface area contributed by atoms with Crippen LogP contribution >= 0.6 is 0 Å². The lowest BCUT2D eigenvalue weighted by molar-refractivity contribution is -0.129. The number of methoxy groups -OCH3 is 1. The molecule has 5 rings (SSSR count). The Morgan fingerprint density at radius 1 is 1.06 bits per heavy atom.